The Bertz CT molecular complexity index is 334. The molecular formula is C11H13FIN. The van der Waals surface area contributed by atoms with Crippen molar-refractivity contribution < 1.29 is 4.39 Å². The lowest BCUT2D eigenvalue weighted by Crippen LogP contribution is -2.46. The summed E-state index contributed by atoms with van der Waals surface area (Å²) in [5.74, 6) is 0.692. The quantitative estimate of drug-likeness (QED) is 0.758. The van der Waals surface area contributed by atoms with Gasteiger partial charge in [0, 0.05) is 13.1 Å². The lowest BCUT2D eigenvalue weighted by molar-refractivity contribution is 0.397. The predicted octanol–water partition coefficient (Wildman–Crippen LogP) is 3.28. The van der Waals surface area contributed by atoms with Crippen molar-refractivity contribution in [1.29, 1.82) is 0 Å². The summed E-state index contributed by atoms with van der Waals surface area (Å²) < 4.78 is 14.0. The molecule has 1 heterocycles. The highest BCUT2D eigenvalue weighted by Crippen LogP contribution is 2.31. The summed E-state index contributed by atoms with van der Waals surface area (Å²) in [6.07, 6.45) is 1.22. The molecule has 1 saturated heterocycles. The number of benzene rings is 1. The fourth-order valence-electron chi connectivity index (χ4n) is 1.76. The van der Waals surface area contributed by atoms with Gasteiger partial charge in [-0.1, -0.05) is 13.0 Å². The van der Waals surface area contributed by atoms with Crippen molar-refractivity contribution in [2.24, 2.45) is 5.92 Å². The van der Waals surface area contributed by atoms with E-state index in [0.29, 0.717) is 0 Å². The summed E-state index contributed by atoms with van der Waals surface area (Å²) in [5.41, 5.74) is 1.05. The van der Waals surface area contributed by atoms with Crippen LogP contribution < -0.4 is 4.90 Å². The number of hydrogen-bond acceptors (Lipinski definition) is 1. The van der Waals surface area contributed by atoms with Crippen molar-refractivity contribution in [2.45, 2.75) is 13.3 Å². The molecule has 0 atom stereocenters. The van der Waals surface area contributed by atoms with Crippen LogP contribution in [-0.4, -0.2) is 13.1 Å². The first-order chi connectivity index (χ1) is 6.72. The number of nitrogens with zero attached hydrogens (tertiary/aromatic N) is 1. The lowest BCUT2D eigenvalue weighted by Gasteiger charge is -2.41. The second-order valence-electron chi connectivity index (χ2n) is 3.75. The fraction of sp³-hybridized carbons (Fsp3) is 0.455. The summed E-state index contributed by atoms with van der Waals surface area (Å²) in [4.78, 5) is 2.25. The Morgan fingerprint density at radius 3 is 2.86 bits per heavy atom. The maximum absolute atomic E-state index is 13.2. The van der Waals surface area contributed by atoms with E-state index in [2.05, 4.69) is 34.4 Å². The number of rotatable bonds is 2. The molecule has 0 radical (unpaired) electrons. The molecule has 3 heteroatoms. The maximum Gasteiger partial charge on any atom is 0.138 e. The Morgan fingerprint density at radius 2 is 2.21 bits per heavy atom. The summed E-state index contributed by atoms with van der Waals surface area (Å²) in [7, 11) is 0. The van der Waals surface area contributed by atoms with Crippen LogP contribution in [0.25, 0.3) is 0 Å². The minimum absolute atomic E-state index is 0.108. The van der Waals surface area contributed by atoms with Crippen LogP contribution in [0.2, 0.25) is 0 Å². The highest BCUT2D eigenvalue weighted by atomic mass is 127. The molecule has 0 saturated carbocycles. The first-order valence-corrected chi connectivity index (χ1v) is 5.99. The standard InChI is InChI=1S/C11H13FIN/c1-2-8-6-14(7-8)10-5-3-4-9(12)11(10)13/h3-5,8H,2,6-7H2,1H3. The first-order valence-electron chi connectivity index (χ1n) is 4.91. The fourth-order valence-corrected chi connectivity index (χ4v) is 2.46. The van der Waals surface area contributed by atoms with Crippen molar-refractivity contribution in [1.82, 2.24) is 0 Å². The van der Waals surface area contributed by atoms with Gasteiger partial charge >= 0.3 is 0 Å². The highest BCUT2D eigenvalue weighted by molar-refractivity contribution is 14.1. The van der Waals surface area contributed by atoms with Gasteiger partial charge in [-0.25, -0.2) is 4.39 Å². The van der Waals surface area contributed by atoms with E-state index in [1.807, 2.05) is 6.07 Å². The molecule has 0 amide bonds. The second kappa shape index (κ2) is 4.04. The third-order valence-electron chi connectivity index (χ3n) is 2.81. The van der Waals surface area contributed by atoms with Crippen LogP contribution >= 0.6 is 22.6 Å². The zero-order valence-electron chi connectivity index (χ0n) is 8.13. The molecule has 1 nitrogen and oxygen atoms in total. The van der Waals surface area contributed by atoms with Crippen LogP contribution in [0, 0.1) is 15.3 Å². The lowest BCUT2D eigenvalue weighted by atomic mass is 9.96. The van der Waals surface area contributed by atoms with Crippen molar-refractivity contribution >= 4 is 28.3 Å². The van der Waals surface area contributed by atoms with Gasteiger partial charge in [-0.05, 0) is 47.1 Å². The third kappa shape index (κ3) is 1.74. The van der Waals surface area contributed by atoms with Gasteiger partial charge in [-0.3, -0.25) is 0 Å². The molecular weight excluding hydrogens is 292 g/mol. The third-order valence-corrected chi connectivity index (χ3v) is 3.87. The van der Waals surface area contributed by atoms with Crippen LogP contribution in [-0.2, 0) is 0 Å². The van der Waals surface area contributed by atoms with Gasteiger partial charge in [0.05, 0.1) is 9.26 Å². The Kier molecular flexibility index (Phi) is 2.95. The normalized spacial score (nSPS) is 16.9. The molecule has 76 valence electrons. The van der Waals surface area contributed by atoms with E-state index in [1.165, 1.54) is 12.5 Å². The van der Waals surface area contributed by atoms with E-state index in [1.54, 1.807) is 6.07 Å². The highest BCUT2D eigenvalue weighted by Gasteiger charge is 2.26. The summed E-state index contributed by atoms with van der Waals surface area (Å²) >= 11 is 2.08. The van der Waals surface area contributed by atoms with Gasteiger partial charge in [-0.15, -0.1) is 0 Å². The SMILES string of the molecule is CCC1CN(c2cccc(F)c2I)C1. The molecule has 0 spiro atoms. The smallest absolute Gasteiger partial charge is 0.138 e. The monoisotopic (exact) mass is 305 g/mol. The predicted molar refractivity (Wildman–Crippen MR) is 65.1 cm³/mol. The second-order valence-corrected chi connectivity index (χ2v) is 4.83. The molecule has 0 aliphatic carbocycles. The molecule has 1 aromatic rings. The van der Waals surface area contributed by atoms with Gasteiger partial charge in [0.2, 0.25) is 0 Å². The summed E-state index contributed by atoms with van der Waals surface area (Å²) in [5, 5.41) is 0. The van der Waals surface area contributed by atoms with E-state index in [-0.39, 0.29) is 5.82 Å². The van der Waals surface area contributed by atoms with Crippen molar-refractivity contribution in [3.8, 4) is 0 Å². The zero-order valence-corrected chi connectivity index (χ0v) is 10.3. The van der Waals surface area contributed by atoms with Crippen LogP contribution in [0.1, 0.15) is 13.3 Å². The van der Waals surface area contributed by atoms with E-state index >= 15 is 0 Å². The van der Waals surface area contributed by atoms with Gasteiger partial charge < -0.3 is 4.90 Å². The van der Waals surface area contributed by atoms with Gasteiger partial charge in [0.1, 0.15) is 5.82 Å². The van der Waals surface area contributed by atoms with Crippen LogP contribution in [0.15, 0.2) is 18.2 Å². The molecule has 1 fully saturated rings. The molecule has 14 heavy (non-hydrogen) atoms. The first kappa shape index (κ1) is 10.2. The number of anilines is 1. The largest absolute Gasteiger partial charge is 0.370 e. The number of hydrogen-bond donors (Lipinski definition) is 0. The molecule has 1 aliphatic rings. The summed E-state index contributed by atoms with van der Waals surface area (Å²) in [6.45, 7) is 4.37. The minimum atomic E-state index is -0.108. The van der Waals surface area contributed by atoms with E-state index in [9.17, 15) is 4.39 Å². The molecule has 0 unspecified atom stereocenters. The summed E-state index contributed by atoms with van der Waals surface area (Å²) in [6, 6.07) is 5.30. The van der Waals surface area contributed by atoms with Crippen molar-refractivity contribution in [2.75, 3.05) is 18.0 Å². The van der Waals surface area contributed by atoms with Crippen molar-refractivity contribution in [3.05, 3.63) is 27.6 Å². The van der Waals surface area contributed by atoms with Crippen molar-refractivity contribution in [3.63, 3.8) is 0 Å². The molecule has 2 rings (SSSR count). The van der Waals surface area contributed by atoms with E-state index in [4.69, 9.17) is 0 Å². The van der Waals surface area contributed by atoms with E-state index < -0.39 is 0 Å². The minimum Gasteiger partial charge on any atom is -0.370 e. The van der Waals surface area contributed by atoms with E-state index in [0.717, 1.165) is 28.3 Å². The van der Waals surface area contributed by atoms with Gasteiger partial charge in [0.15, 0.2) is 0 Å². The molecule has 1 aliphatic heterocycles. The Morgan fingerprint density at radius 1 is 1.50 bits per heavy atom. The van der Waals surface area contributed by atoms with Gasteiger partial charge in [-0.2, -0.15) is 0 Å². The Labute approximate surface area is 97.4 Å². The number of halogens is 2. The maximum atomic E-state index is 13.2. The molecule has 0 aromatic heterocycles. The van der Waals surface area contributed by atoms with Crippen LogP contribution in [0.4, 0.5) is 10.1 Å². The van der Waals surface area contributed by atoms with Crippen LogP contribution in [0.5, 0.6) is 0 Å². The average Bonchev–Trinajstić information content (AvgIpc) is 2.10. The van der Waals surface area contributed by atoms with Crippen LogP contribution in [0.3, 0.4) is 0 Å². The molecule has 0 bridgehead atoms. The Hall–Kier alpha value is -0.320. The molecule has 1 aromatic carbocycles. The topological polar surface area (TPSA) is 3.24 Å². The molecule has 0 N–H and O–H groups in total. The average molecular weight is 305 g/mol. The zero-order chi connectivity index (χ0) is 10.1. The Balaban J connectivity index is 2.14. The van der Waals surface area contributed by atoms with Gasteiger partial charge in [0.25, 0.3) is 0 Å².